The Hall–Kier alpha value is -1.11. The number of para-hydroxylation sites is 1. The lowest BCUT2D eigenvalue weighted by atomic mass is 10.1. The van der Waals surface area contributed by atoms with Crippen LogP contribution in [-0.4, -0.2) is 44.3 Å². The number of hydrogen-bond acceptors (Lipinski definition) is 4. The van der Waals surface area contributed by atoms with Crippen molar-refractivity contribution in [3.63, 3.8) is 0 Å². The number of hydrogen-bond donors (Lipinski definition) is 1. The molecule has 0 spiro atoms. The Labute approximate surface area is 114 Å². The van der Waals surface area contributed by atoms with Gasteiger partial charge < -0.3 is 9.84 Å². The average molecular weight is 287 g/mol. The predicted molar refractivity (Wildman–Crippen MR) is 74.6 cm³/mol. The lowest BCUT2D eigenvalue weighted by Gasteiger charge is -2.25. The summed E-state index contributed by atoms with van der Waals surface area (Å²) >= 11 is 0. The van der Waals surface area contributed by atoms with Crippen molar-refractivity contribution < 1.29 is 18.3 Å². The van der Waals surface area contributed by atoms with Gasteiger partial charge in [0.2, 0.25) is 10.0 Å². The number of benzene rings is 1. The Morgan fingerprint density at radius 3 is 2.58 bits per heavy atom. The van der Waals surface area contributed by atoms with Gasteiger partial charge in [0, 0.05) is 26.3 Å². The van der Waals surface area contributed by atoms with E-state index in [2.05, 4.69) is 0 Å². The molecule has 6 heteroatoms. The van der Waals surface area contributed by atoms with E-state index in [-0.39, 0.29) is 11.5 Å². The Morgan fingerprint density at radius 2 is 2.00 bits per heavy atom. The third-order valence-electron chi connectivity index (χ3n) is 3.12. The van der Waals surface area contributed by atoms with Gasteiger partial charge in [0.05, 0.1) is 11.8 Å². The molecule has 0 aromatic heterocycles. The molecule has 0 saturated heterocycles. The summed E-state index contributed by atoms with van der Waals surface area (Å²) in [5.41, 5.74) is 0.598. The van der Waals surface area contributed by atoms with E-state index >= 15 is 0 Å². The van der Waals surface area contributed by atoms with Gasteiger partial charge >= 0.3 is 0 Å². The van der Waals surface area contributed by atoms with Crippen LogP contribution in [0, 0.1) is 0 Å². The van der Waals surface area contributed by atoms with Crippen LogP contribution < -0.4 is 0 Å². The number of nitrogens with zero attached hydrogens (tertiary/aromatic N) is 1. The van der Waals surface area contributed by atoms with Crippen LogP contribution in [0.15, 0.2) is 24.3 Å². The molecule has 108 valence electrons. The van der Waals surface area contributed by atoms with E-state index in [1.807, 2.05) is 0 Å². The smallest absolute Gasteiger partial charge is 0.214 e. The first-order valence-electron chi connectivity index (χ1n) is 6.12. The third kappa shape index (κ3) is 4.19. The molecule has 0 aliphatic rings. The SMILES string of the molecule is COCCCS(=O)(=O)N(C)C(C)c1ccccc1O. The second kappa shape index (κ2) is 6.88. The van der Waals surface area contributed by atoms with Crippen molar-refractivity contribution in [3.8, 4) is 5.75 Å². The van der Waals surface area contributed by atoms with Crippen molar-refractivity contribution in [3.05, 3.63) is 29.8 Å². The minimum Gasteiger partial charge on any atom is -0.508 e. The second-order valence-electron chi connectivity index (χ2n) is 4.41. The topological polar surface area (TPSA) is 66.8 Å². The molecule has 0 aliphatic carbocycles. The highest BCUT2D eigenvalue weighted by atomic mass is 32.2. The van der Waals surface area contributed by atoms with E-state index in [1.54, 1.807) is 38.3 Å². The molecule has 1 unspecified atom stereocenters. The molecule has 1 atom stereocenters. The fraction of sp³-hybridized carbons (Fsp3) is 0.538. The minimum absolute atomic E-state index is 0.0370. The van der Waals surface area contributed by atoms with Crippen molar-refractivity contribution in [1.29, 1.82) is 0 Å². The molecule has 0 amide bonds. The summed E-state index contributed by atoms with van der Waals surface area (Å²) in [6.45, 7) is 2.17. The van der Waals surface area contributed by atoms with Crippen LogP contribution in [0.1, 0.15) is 24.9 Å². The molecule has 1 rings (SSSR count). The van der Waals surface area contributed by atoms with Crippen molar-refractivity contribution in [1.82, 2.24) is 4.31 Å². The molecule has 5 nitrogen and oxygen atoms in total. The summed E-state index contributed by atoms with van der Waals surface area (Å²) in [7, 11) is -0.285. The molecule has 0 aliphatic heterocycles. The number of phenols is 1. The lowest BCUT2D eigenvalue weighted by Crippen LogP contribution is -2.32. The zero-order valence-electron chi connectivity index (χ0n) is 11.5. The molecule has 0 radical (unpaired) electrons. The molecule has 0 saturated carbocycles. The molecule has 0 heterocycles. The normalized spacial score (nSPS) is 13.7. The quantitative estimate of drug-likeness (QED) is 0.776. The van der Waals surface area contributed by atoms with Gasteiger partial charge in [0.15, 0.2) is 0 Å². The van der Waals surface area contributed by atoms with E-state index in [4.69, 9.17) is 4.74 Å². The average Bonchev–Trinajstić information content (AvgIpc) is 2.38. The number of aromatic hydroxyl groups is 1. The van der Waals surface area contributed by atoms with Crippen LogP contribution in [0.3, 0.4) is 0 Å². The first-order chi connectivity index (χ1) is 8.90. The van der Waals surface area contributed by atoms with Gasteiger partial charge in [0.1, 0.15) is 5.75 Å². The van der Waals surface area contributed by atoms with E-state index in [0.29, 0.717) is 18.6 Å². The largest absolute Gasteiger partial charge is 0.508 e. The Balaban J connectivity index is 2.82. The lowest BCUT2D eigenvalue weighted by molar-refractivity contribution is 0.199. The van der Waals surface area contributed by atoms with Crippen molar-refractivity contribution in [2.75, 3.05) is 26.5 Å². The van der Waals surface area contributed by atoms with Gasteiger partial charge in [-0.3, -0.25) is 0 Å². The van der Waals surface area contributed by atoms with Crippen LogP contribution in [-0.2, 0) is 14.8 Å². The molecule has 1 aromatic rings. The van der Waals surface area contributed by atoms with E-state index in [0.717, 1.165) is 0 Å². The van der Waals surface area contributed by atoms with Crippen LogP contribution in [0.4, 0.5) is 0 Å². The number of sulfonamides is 1. The molecule has 19 heavy (non-hydrogen) atoms. The molecule has 0 bridgehead atoms. The third-order valence-corrected chi connectivity index (χ3v) is 5.12. The Kier molecular flexibility index (Phi) is 5.78. The fourth-order valence-corrected chi connectivity index (χ4v) is 3.17. The molecule has 0 fully saturated rings. The highest BCUT2D eigenvalue weighted by Crippen LogP contribution is 2.28. The first kappa shape index (κ1) is 15.9. The summed E-state index contributed by atoms with van der Waals surface area (Å²) in [4.78, 5) is 0. The fourth-order valence-electron chi connectivity index (χ4n) is 1.81. The van der Waals surface area contributed by atoms with Gasteiger partial charge in [0.25, 0.3) is 0 Å². The summed E-state index contributed by atoms with van der Waals surface area (Å²) in [6, 6.07) is 6.35. The molecular weight excluding hydrogens is 266 g/mol. The van der Waals surface area contributed by atoms with Crippen LogP contribution in [0.5, 0.6) is 5.75 Å². The zero-order chi connectivity index (χ0) is 14.5. The van der Waals surface area contributed by atoms with Gasteiger partial charge in [-0.15, -0.1) is 0 Å². The number of ether oxygens (including phenoxy) is 1. The van der Waals surface area contributed by atoms with Crippen molar-refractivity contribution in [2.24, 2.45) is 0 Å². The maximum atomic E-state index is 12.1. The maximum absolute atomic E-state index is 12.1. The number of phenolic OH excluding ortho intramolecular Hbond substituents is 1. The van der Waals surface area contributed by atoms with Gasteiger partial charge in [-0.25, -0.2) is 8.42 Å². The molecule has 1 N–H and O–H groups in total. The number of rotatable bonds is 7. The summed E-state index contributed by atoms with van der Waals surface area (Å²) < 4.78 is 30.4. The van der Waals surface area contributed by atoms with E-state index in [9.17, 15) is 13.5 Å². The minimum atomic E-state index is -3.35. The maximum Gasteiger partial charge on any atom is 0.214 e. The highest BCUT2D eigenvalue weighted by molar-refractivity contribution is 7.89. The van der Waals surface area contributed by atoms with E-state index in [1.165, 1.54) is 11.4 Å². The Bertz CT molecular complexity index is 501. The Morgan fingerprint density at radius 1 is 1.37 bits per heavy atom. The number of methoxy groups -OCH3 is 1. The molecular formula is C13H21NO4S. The predicted octanol–water partition coefficient (Wildman–Crippen LogP) is 1.75. The second-order valence-corrected chi connectivity index (χ2v) is 6.56. The van der Waals surface area contributed by atoms with Gasteiger partial charge in [-0.05, 0) is 19.4 Å². The van der Waals surface area contributed by atoms with Crippen molar-refractivity contribution in [2.45, 2.75) is 19.4 Å². The van der Waals surface area contributed by atoms with Crippen molar-refractivity contribution >= 4 is 10.0 Å². The molecule has 1 aromatic carbocycles. The van der Waals surface area contributed by atoms with Crippen LogP contribution in [0.25, 0.3) is 0 Å². The summed E-state index contributed by atoms with van der Waals surface area (Å²) in [5.74, 6) is 0.142. The van der Waals surface area contributed by atoms with Crippen LogP contribution in [0.2, 0.25) is 0 Å². The standard InChI is InChI=1S/C13H21NO4S/c1-11(12-7-4-5-8-13(12)15)14(2)19(16,17)10-6-9-18-3/h4-5,7-8,11,15H,6,9-10H2,1-3H3. The van der Waals surface area contributed by atoms with Gasteiger partial charge in [-0.1, -0.05) is 18.2 Å². The highest BCUT2D eigenvalue weighted by Gasteiger charge is 2.25. The monoisotopic (exact) mass is 287 g/mol. The first-order valence-corrected chi connectivity index (χ1v) is 7.73. The zero-order valence-corrected chi connectivity index (χ0v) is 12.4. The van der Waals surface area contributed by atoms with Crippen LogP contribution >= 0.6 is 0 Å². The van der Waals surface area contributed by atoms with Gasteiger partial charge in [-0.2, -0.15) is 4.31 Å². The summed E-state index contributed by atoms with van der Waals surface area (Å²) in [6.07, 6.45) is 0.455. The van der Waals surface area contributed by atoms with E-state index < -0.39 is 16.1 Å². The summed E-state index contributed by atoms with van der Waals surface area (Å²) in [5, 5.41) is 9.77.